The summed E-state index contributed by atoms with van der Waals surface area (Å²) in [7, 11) is 0. The van der Waals surface area contributed by atoms with Crippen LogP contribution in [0.25, 0.3) is 0 Å². The molecule has 1 saturated heterocycles. The smallest absolute Gasteiger partial charge is 0.309 e. The third kappa shape index (κ3) is 5.43. The van der Waals surface area contributed by atoms with Gasteiger partial charge in [-0.05, 0) is 39.0 Å². The second kappa shape index (κ2) is 12.3. The number of ether oxygens (including phenoxy) is 7. The van der Waals surface area contributed by atoms with Gasteiger partial charge in [0.15, 0.2) is 23.6 Å². The molecule has 272 valence electrons. The van der Waals surface area contributed by atoms with Gasteiger partial charge in [0, 0.05) is 52.4 Å². The molecule has 14 atom stereocenters. The minimum absolute atomic E-state index is 0.0252. The standard InChI is InChI=1S/C35H48O14/c1-11-15(2)30(42)47-26-22-13-32(9,48-20(7)39)23(22)27-33(10)31(46-19(6)38)35(49-21(8)40)12-16(3)25(44-17(4)36)24(35)29(45-18(5)37)34(27,14-43-33)28(26)41/h15-16,22-27,29,31H,11-14H2,1-10H3/t15-,16+,22-,23+,24-,25+,26-,27+,29-,31+,32+,33-,34+,35-/m1/s1. The zero-order chi connectivity index (χ0) is 36.6. The maximum Gasteiger partial charge on any atom is 0.309 e. The number of fused-ring (bicyclic) bond motifs is 2. The van der Waals surface area contributed by atoms with E-state index in [1.54, 1.807) is 27.7 Å². The first-order chi connectivity index (χ1) is 22.7. The lowest BCUT2D eigenvalue weighted by atomic mass is 9.42. The average Bonchev–Trinajstić information content (AvgIpc) is 3.40. The van der Waals surface area contributed by atoms with Crippen molar-refractivity contribution in [2.75, 3.05) is 6.61 Å². The van der Waals surface area contributed by atoms with Gasteiger partial charge in [-0.15, -0.1) is 0 Å². The van der Waals surface area contributed by atoms with Gasteiger partial charge in [0.05, 0.1) is 23.9 Å². The summed E-state index contributed by atoms with van der Waals surface area (Å²) in [5, 5.41) is 0. The van der Waals surface area contributed by atoms with Gasteiger partial charge >= 0.3 is 35.8 Å². The maximum absolute atomic E-state index is 15.4. The number of hydrogen-bond donors (Lipinski definition) is 0. The zero-order valence-corrected chi connectivity index (χ0v) is 29.8. The molecule has 2 bridgehead atoms. The second-order valence-corrected chi connectivity index (χ2v) is 15.2. The monoisotopic (exact) mass is 692 g/mol. The van der Waals surface area contributed by atoms with Crippen LogP contribution in [0.4, 0.5) is 0 Å². The quantitative estimate of drug-likeness (QED) is 0.267. The molecule has 1 aliphatic heterocycles. The lowest BCUT2D eigenvalue weighted by Gasteiger charge is -2.64. The fourth-order valence-electron chi connectivity index (χ4n) is 10.3. The van der Waals surface area contributed by atoms with Gasteiger partial charge in [0.25, 0.3) is 0 Å². The van der Waals surface area contributed by atoms with Gasteiger partial charge in [-0.2, -0.15) is 0 Å². The van der Waals surface area contributed by atoms with Gasteiger partial charge in [0.2, 0.25) is 0 Å². The zero-order valence-electron chi connectivity index (χ0n) is 29.8. The van der Waals surface area contributed by atoms with E-state index in [0.717, 1.165) is 6.92 Å². The first-order valence-electron chi connectivity index (χ1n) is 17.0. The molecular weight excluding hydrogens is 644 g/mol. The summed E-state index contributed by atoms with van der Waals surface area (Å²) in [4.78, 5) is 93.1. The minimum atomic E-state index is -1.84. The Morgan fingerprint density at radius 2 is 1.41 bits per heavy atom. The molecule has 14 heteroatoms. The Bertz CT molecular complexity index is 1460. The number of carbonyl (C=O) groups is 7. The van der Waals surface area contributed by atoms with Gasteiger partial charge in [-0.25, -0.2) is 0 Å². The molecule has 0 amide bonds. The first-order valence-corrected chi connectivity index (χ1v) is 17.0. The Hall–Kier alpha value is -3.55. The number of hydrogen-bond acceptors (Lipinski definition) is 14. The highest BCUT2D eigenvalue weighted by Gasteiger charge is 2.86. The molecule has 0 aromatic rings. The molecule has 0 spiro atoms. The van der Waals surface area contributed by atoms with E-state index in [9.17, 15) is 28.8 Å². The summed E-state index contributed by atoms with van der Waals surface area (Å²) in [5.74, 6) is -9.53. The molecule has 0 aromatic heterocycles. The number of Topliss-reactive ketones (excluding diaryl/α,β-unsaturated/α-hetero) is 1. The van der Waals surface area contributed by atoms with Crippen LogP contribution in [0.15, 0.2) is 0 Å². The Morgan fingerprint density at radius 1 is 0.816 bits per heavy atom. The normalized spacial score (nSPS) is 43.6. The third-order valence-electron chi connectivity index (χ3n) is 11.8. The Balaban J connectivity index is 1.87. The van der Waals surface area contributed by atoms with Crippen molar-refractivity contribution in [1.29, 1.82) is 0 Å². The second-order valence-electron chi connectivity index (χ2n) is 15.2. The molecule has 5 rings (SSSR count). The van der Waals surface area contributed by atoms with Crippen molar-refractivity contribution >= 4 is 41.6 Å². The average molecular weight is 693 g/mol. The van der Waals surface area contributed by atoms with Crippen LogP contribution >= 0.6 is 0 Å². The first kappa shape index (κ1) is 36.7. The van der Waals surface area contributed by atoms with Crippen LogP contribution in [0.2, 0.25) is 0 Å². The number of esters is 6. The summed E-state index contributed by atoms with van der Waals surface area (Å²) in [6.07, 6.45) is -4.79. The van der Waals surface area contributed by atoms with Crippen LogP contribution in [0.1, 0.15) is 88.5 Å². The van der Waals surface area contributed by atoms with Crippen molar-refractivity contribution in [3.63, 3.8) is 0 Å². The van der Waals surface area contributed by atoms with E-state index in [1.165, 1.54) is 27.7 Å². The fraction of sp³-hybridized carbons (Fsp3) is 0.800. The highest BCUT2D eigenvalue weighted by Crippen LogP contribution is 2.73. The molecule has 4 aliphatic carbocycles. The van der Waals surface area contributed by atoms with Crippen molar-refractivity contribution in [3.8, 4) is 0 Å². The fourth-order valence-corrected chi connectivity index (χ4v) is 10.3. The van der Waals surface area contributed by atoms with Crippen LogP contribution in [0, 0.1) is 40.9 Å². The predicted molar refractivity (Wildman–Crippen MR) is 165 cm³/mol. The molecule has 5 fully saturated rings. The summed E-state index contributed by atoms with van der Waals surface area (Å²) in [6.45, 7) is 14.2. The van der Waals surface area contributed by atoms with Crippen LogP contribution in [-0.2, 0) is 66.7 Å². The summed E-state index contributed by atoms with van der Waals surface area (Å²) < 4.78 is 43.0. The largest absolute Gasteiger partial charge is 0.462 e. The molecular formula is C35H48O14. The minimum Gasteiger partial charge on any atom is -0.462 e. The van der Waals surface area contributed by atoms with Crippen LogP contribution in [0.5, 0.6) is 0 Å². The van der Waals surface area contributed by atoms with Crippen molar-refractivity contribution < 1.29 is 66.7 Å². The Labute approximate surface area is 285 Å². The molecule has 14 nitrogen and oxygen atoms in total. The molecule has 0 unspecified atom stereocenters. The van der Waals surface area contributed by atoms with E-state index < -0.39 is 124 Å². The third-order valence-corrected chi connectivity index (χ3v) is 11.8. The summed E-state index contributed by atoms with van der Waals surface area (Å²) in [5.41, 5.74) is -6.53. The molecule has 49 heavy (non-hydrogen) atoms. The highest BCUT2D eigenvalue weighted by molar-refractivity contribution is 5.95. The van der Waals surface area contributed by atoms with Crippen molar-refractivity contribution in [3.05, 3.63) is 0 Å². The van der Waals surface area contributed by atoms with Crippen molar-refractivity contribution in [2.45, 2.75) is 130 Å². The molecule has 4 saturated carbocycles. The predicted octanol–water partition coefficient (Wildman–Crippen LogP) is 2.64. The SMILES string of the molecule is CC[C@@H](C)C(=O)O[C@H]1C(=O)[C@@]23CO[C@@](C)([C@H](OC(C)=O)[C@@]4(OC(C)=O)C[C@H](C)[C@H](OC(C)=O)[C@@H]4[C@H]2OC(C)=O)[C@@H]3[C@@H]2[C@H]1C[C@]2(C)OC(C)=O. The van der Waals surface area contributed by atoms with Crippen molar-refractivity contribution in [1.82, 2.24) is 0 Å². The van der Waals surface area contributed by atoms with Gasteiger partial charge < -0.3 is 33.2 Å². The van der Waals surface area contributed by atoms with E-state index in [4.69, 9.17) is 33.2 Å². The van der Waals surface area contributed by atoms with Gasteiger partial charge in [-0.1, -0.05) is 20.8 Å². The highest BCUT2D eigenvalue weighted by atomic mass is 16.6. The van der Waals surface area contributed by atoms with E-state index in [-0.39, 0.29) is 19.4 Å². The number of ketones is 1. The lowest BCUT2D eigenvalue weighted by molar-refractivity contribution is -0.261. The Kier molecular flexibility index (Phi) is 9.25. The van der Waals surface area contributed by atoms with E-state index in [0.29, 0.717) is 6.42 Å². The molecule has 0 aromatic carbocycles. The molecule has 1 heterocycles. The number of rotatable bonds is 8. The van der Waals surface area contributed by atoms with Gasteiger partial charge in [0.1, 0.15) is 23.4 Å². The van der Waals surface area contributed by atoms with E-state index in [1.807, 2.05) is 6.92 Å². The maximum atomic E-state index is 15.4. The molecule has 0 radical (unpaired) electrons. The molecule has 0 N–H and O–H groups in total. The summed E-state index contributed by atoms with van der Waals surface area (Å²) >= 11 is 0. The van der Waals surface area contributed by atoms with Crippen LogP contribution < -0.4 is 0 Å². The van der Waals surface area contributed by atoms with Crippen LogP contribution in [-0.4, -0.2) is 89.4 Å². The van der Waals surface area contributed by atoms with Crippen molar-refractivity contribution in [2.24, 2.45) is 40.9 Å². The Morgan fingerprint density at radius 3 is 1.94 bits per heavy atom. The summed E-state index contributed by atoms with van der Waals surface area (Å²) in [6, 6.07) is 0. The van der Waals surface area contributed by atoms with E-state index in [2.05, 4.69) is 0 Å². The van der Waals surface area contributed by atoms with Gasteiger partial charge in [-0.3, -0.25) is 33.6 Å². The number of carbonyl (C=O) groups excluding carboxylic acids is 7. The topological polar surface area (TPSA) is 184 Å². The van der Waals surface area contributed by atoms with Crippen LogP contribution in [0.3, 0.4) is 0 Å². The van der Waals surface area contributed by atoms with E-state index >= 15 is 4.79 Å². The molecule has 5 aliphatic rings. The lowest BCUT2D eigenvalue weighted by Crippen LogP contribution is -2.75.